The molecule has 0 fully saturated rings. The third-order valence-corrected chi connectivity index (χ3v) is 3.65. The van der Waals surface area contributed by atoms with Crippen molar-refractivity contribution < 1.29 is 9.26 Å². The Morgan fingerprint density at radius 2 is 2.15 bits per heavy atom. The van der Waals surface area contributed by atoms with Crippen molar-refractivity contribution in [2.75, 3.05) is 12.8 Å². The van der Waals surface area contributed by atoms with E-state index in [1.54, 1.807) is 7.11 Å². The number of nitrogens with zero attached hydrogens (tertiary/aromatic N) is 1. The number of nitrogens with two attached hydrogens (primary N) is 1. The smallest absolute Gasteiger partial charge is 0.230 e. The van der Waals surface area contributed by atoms with Crippen LogP contribution in [0.5, 0.6) is 5.75 Å². The first-order valence-electron chi connectivity index (χ1n) is 6.95. The summed E-state index contributed by atoms with van der Waals surface area (Å²) in [5, 5.41) is 4.13. The summed E-state index contributed by atoms with van der Waals surface area (Å²) in [6.07, 6.45) is 1.95. The second kappa shape index (κ2) is 5.99. The third kappa shape index (κ3) is 2.79. The summed E-state index contributed by atoms with van der Waals surface area (Å²) in [4.78, 5) is 0. The maximum Gasteiger partial charge on any atom is 0.230 e. The predicted octanol–water partition coefficient (Wildman–Crippen LogP) is 3.83. The summed E-state index contributed by atoms with van der Waals surface area (Å²) < 4.78 is 10.6. The van der Waals surface area contributed by atoms with Gasteiger partial charge in [0.2, 0.25) is 5.88 Å². The van der Waals surface area contributed by atoms with Crippen LogP contribution < -0.4 is 10.5 Å². The molecule has 2 rings (SSSR count). The number of hydrogen-bond acceptors (Lipinski definition) is 4. The molecule has 1 aromatic carbocycles. The topological polar surface area (TPSA) is 61.3 Å². The molecule has 0 amide bonds. The summed E-state index contributed by atoms with van der Waals surface area (Å²) in [5.74, 6) is 1.68. The molecule has 1 unspecified atom stereocenters. The van der Waals surface area contributed by atoms with Crippen molar-refractivity contribution in [1.29, 1.82) is 0 Å². The third-order valence-electron chi connectivity index (χ3n) is 3.65. The van der Waals surface area contributed by atoms with Crippen LogP contribution in [0.25, 0.3) is 11.1 Å². The number of aryl methyl sites for hydroxylation is 1. The minimum absolute atomic E-state index is 0.354. The summed E-state index contributed by atoms with van der Waals surface area (Å²) in [7, 11) is 1.66. The lowest BCUT2D eigenvalue weighted by Crippen LogP contribution is -2.01. The molecule has 1 aromatic heterocycles. The van der Waals surface area contributed by atoms with Gasteiger partial charge in [0.25, 0.3) is 0 Å². The second-order valence-electron chi connectivity index (χ2n) is 5.29. The fourth-order valence-electron chi connectivity index (χ4n) is 2.26. The van der Waals surface area contributed by atoms with E-state index in [0.29, 0.717) is 11.8 Å². The molecule has 4 nitrogen and oxygen atoms in total. The lowest BCUT2D eigenvalue weighted by molar-refractivity contribution is 0.416. The largest absolute Gasteiger partial charge is 0.496 e. The fraction of sp³-hybridized carbons (Fsp3) is 0.438. The quantitative estimate of drug-likeness (QED) is 0.900. The Bertz CT molecular complexity index is 590. The Hall–Kier alpha value is -1.97. The molecule has 0 aliphatic carbocycles. The Kier molecular flexibility index (Phi) is 4.32. The van der Waals surface area contributed by atoms with Crippen LogP contribution in [-0.4, -0.2) is 12.3 Å². The van der Waals surface area contributed by atoms with Crippen LogP contribution in [0.3, 0.4) is 0 Å². The number of rotatable bonds is 5. The predicted molar refractivity (Wildman–Crippen MR) is 80.8 cm³/mol. The molecule has 1 atom stereocenters. The fourth-order valence-corrected chi connectivity index (χ4v) is 2.26. The number of benzene rings is 1. The average Bonchev–Trinajstić information content (AvgIpc) is 2.79. The van der Waals surface area contributed by atoms with Crippen LogP contribution in [0.1, 0.15) is 31.5 Å². The molecule has 2 N–H and O–H groups in total. The molecule has 1 heterocycles. The molecule has 0 aliphatic rings. The van der Waals surface area contributed by atoms with E-state index in [1.807, 2.05) is 19.1 Å². The van der Waals surface area contributed by atoms with E-state index in [2.05, 4.69) is 25.1 Å². The molecule has 108 valence electrons. The van der Waals surface area contributed by atoms with E-state index in [1.165, 1.54) is 0 Å². The molecular weight excluding hydrogens is 252 g/mol. The van der Waals surface area contributed by atoms with Crippen molar-refractivity contribution in [1.82, 2.24) is 5.16 Å². The summed E-state index contributed by atoms with van der Waals surface area (Å²) in [6.45, 7) is 6.41. The van der Waals surface area contributed by atoms with E-state index < -0.39 is 0 Å². The summed E-state index contributed by atoms with van der Waals surface area (Å²) in [6, 6.07) is 6.02. The molecule has 0 aliphatic heterocycles. The van der Waals surface area contributed by atoms with Gasteiger partial charge in [0.1, 0.15) is 5.75 Å². The Balaban J connectivity index is 2.52. The van der Waals surface area contributed by atoms with Gasteiger partial charge in [0, 0.05) is 5.56 Å². The van der Waals surface area contributed by atoms with Gasteiger partial charge in [-0.1, -0.05) is 37.1 Å². The summed E-state index contributed by atoms with van der Waals surface area (Å²) >= 11 is 0. The standard InChI is InChI=1S/C16H22N2O2/c1-5-10(2)9-13-15(16(17)20-18-13)12-8-11(3)6-7-14(12)19-4/h6-8,10H,5,9,17H2,1-4H3. The zero-order chi connectivity index (χ0) is 14.7. The molecule has 20 heavy (non-hydrogen) atoms. The first-order valence-corrected chi connectivity index (χ1v) is 6.95. The lowest BCUT2D eigenvalue weighted by atomic mass is 9.96. The highest BCUT2D eigenvalue weighted by molar-refractivity contribution is 5.80. The highest BCUT2D eigenvalue weighted by atomic mass is 16.5. The van der Waals surface area contributed by atoms with E-state index in [9.17, 15) is 0 Å². The normalized spacial score (nSPS) is 12.4. The maximum absolute atomic E-state index is 5.98. The second-order valence-corrected chi connectivity index (χ2v) is 5.29. The van der Waals surface area contributed by atoms with E-state index in [4.69, 9.17) is 15.0 Å². The minimum atomic E-state index is 0.354. The Labute approximate surface area is 119 Å². The Morgan fingerprint density at radius 1 is 1.40 bits per heavy atom. The molecular formula is C16H22N2O2. The zero-order valence-corrected chi connectivity index (χ0v) is 12.6. The van der Waals surface area contributed by atoms with E-state index in [-0.39, 0.29) is 0 Å². The number of nitrogen functional groups attached to an aromatic ring is 1. The van der Waals surface area contributed by atoms with Gasteiger partial charge < -0.3 is 15.0 Å². The first kappa shape index (κ1) is 14.4. The van der Waals surface area contributed by atoms with Gasteiger partial charge in [0.05, 0.1) is 18.4 Å². The van der Waals surface area contributed by atoms with Gasteiger partial charge in [-0.2, -0.15) is 0 Å². The van der Waals surface area contributed by atoms with Gasteiger partial charge in [-0.15, -0.1) is 0 Å². The number of methoxy groups -OCH3 is 1. The van der Waals surface area contributed by atoms with Crippen molar-refractivity contribution >= 4 is 5.88 Å². The van der Waals surface area contributed by atoms with E-state index >= 15 is 0 Å². The van der Waals surface area contributed by atoms with Crippen molar-refractivity contribution in [3.8, 4) is 16.9 Å². The SMILES string of the molecule is CCC(C)Cc1noc(N)c1-c1cc(C)ccc1OC. The highest BCUT2D eigenvalue weighted by Gasteiger charge is 2.20. The highest BCUT2D eigenvalue weighted by Crippen LogP contribution is 2.38. The number of ether oxygens (including phenoxy) is 1. The van der Waals surface area contributed by atoms with Gasteiger partial charge in [-0.05, 0) is 31.4 Å². The molecule has 0 bridgehead atoms. The van der Waals surface area contributed by atoms with Gasteiger partial charge in [-0.25, -0.2) is 0 Å². The van der Waals surface area contributed by atoms with Gasteiger partial charge >= 0.3 is 0 Å². The zero-order valence-electron chi connectivity index (χ0n) is 12.6. The van der Waals surface area contributed by atoms with Crippen LogP contribution in [0.4, 0.5) is 5.88 Å². The number of anilines is 1. The van der Waals surface area contributed by atoms with Crippen LogP contribution >= 0.6 is 0 Å². The van der Waals surface area contributed by atoms with Crippen LogP contribution in [-0.2, 0) is 6.42 Å². The van der Waals surface area contributed by atoms with Crippen LogP contribution in [0.2, 0.25) is 0 Å². The van der Waals surface area contributed by atoms with Crippen LogP contribution in [0.15, 0.2) is 22.7 Å². The number of aromatic nitrogens is 1. The van der Waals surface area contributed by atoms with E-state index in [0.717, 1.165) is 41.0 Å². The molecule has 0 saturated carbocycles. The Morgan fingerprint density at radius 3 is 2.80 bits per heavy atom. The molecule has 0 saturated heterocycles. The summed E-state index contributed by atoms with van der Waals surface area (Å²) in [5.41, 5.74) is 9.85. The maximum atomic E-state index is 5.98. The lowest BCUT2D eigenvalue weighted by Gasteiger charge is -2.11. The molecule has 2 aromatic rings. The van der Waals surface area contributed by atoms with Crippen molar-refractivity contribution in [2.24, 2.45) is 5.92 Å². The number of hydrogen-bond donors (Lipinski definition) is 1. The van der Waals surface area contributed by atoms with Crippen LogP contribution in [0, 0.1) is 12.8 Å². The van der Waals surface area contributed by atoms with Gasteiger partial charge in [0.15, 0.2) is 0 Å². The van der Waals surface area contributed by atoms with Gasteiger partial charge in [-0.3, -0.25) is 0 Å². The van der Waals surface area contributed by atoms with Crippen molar-refractivity contribution in [3.05, 3.63) is 29.5 Å². The first-order chi connectivity index (χ1) is 9.56. The van der Waals surface area contributed by atoms with Crippen molar-refractivity contribution in [3.63, 3.8) is 0 Å². The molecule has 0 spiro atoms. The molecule has 4 heteroatoms. The van der Waals surface area contributed by atoms with Crippen molar-refractivity contribution in [2.45, 2.75) is 33.6 Å². The minimum Gasteiger partial charge on any atom is -0.496 e. The molecule has 0 radical (unpaired) electrons. The monoisotopic (exact) mass is 274 g/mol. The average molecular weight is 274 g/mol.